The fourth-order valence-electron chi connectivity index (χ4n) is 7.34. The van der Waals surface area contributed by atoms with Crippen LogP contribution in [0.15, 0.2) is 11.6 Å². The average molecular weight is 523 g/mol. The molecule has 5 rings (SSSR count). The van der Waals surface area contributed by atoms with Gasteiger partial charge in [0.05, 0.1) is 11.7 Å². The fraction of sp³-hybridized carbons (Fsp3) is 0.769. The normalized spacial score (nSPS) is 51.0. The lowest BCUT2D eigenvalue weighted by molar-refractivity contribution is -0.220. The van der Waals surface area contributed by atoms with Crippen LogP contribution in [-0.2, 0) is 47.6 Å². The summed E-state index contributed by atoms with van der Waals surface area (Å²) in [5, 5.41) is 12.0. The lowest BCUT2D eigenvalue weighted by atomic mass is 9.53. The second kappa shape index (κ2) is 8.00. The Morgan fingerprint density at radius 3 is 2.22 bits per heavy atom. The lowest BCUT2D eigenvalue weighted by Crippen LogP contribution is -2.67. The van der Waals surface area contributed by atoms with Gasteiger partial charge in [-0.15, -0.1) is 0 Å². The Morgan fingerprint density at radius 2 is 1.65 bits per heavy atom. The van der Waals surface area contributed by atoms with E-state index >= 15 is 0 Å². The highest BCUT2D eigenvalue weighted by Gasteiger charge is 2.89. The van der Waals surface area contributed by atoms with Crippen LogP contribution in [0.3, 0.4) is 0 Å². The Bertz CT molecular complexity index is 1100. The molecule has 0 bridgehead atoms. The number of rotatable bonds is 3. The maximum absolute atomic E-state index is 13.0. The molecule has 11 atom stereocenters. The number of hydrogen-bond acceptors (Lipinski definition) is 11. The van der Waals surface area contributed by atoms with E-state index in [1.165, 1.54) is 20.8 Å². The number of carbonyl (C=O) groups excluding carboxylic acids is 4. The van der Waals surface area contributed by atoms with E-state index in [-0.39, 0.29) is 18.9 Å². The summed E-state index contributed by atoms with van der Waals surface area (Å²) in [5.41, 5.74) is -4.41. The molecule has 0 radical (unpaired) electrons. The van der Waals surface area contributed by atoms with Gasteiger partial charge < -0.3 is 33.5 Å². The summed E-state index contributed by atoms with van der Waals surface area (Å²) in [7, 11) is 0. The molecule has 0 amide bonds. The minimum absolute atomic E-state index is 0.121. The number of esters is 4. The third-order valence-corrected chi connectivity index (χ3v) is 9.10. The second-order valence-corrected chi connectivity index (χ2v) is 11.6. The number of aliphatic hydroxyl groups excluding tert-OH is 1. The first-order chi connectivity index (χ1) is 17.1. The van der Waals surface area contributed by atoms with E-state index in [9.17, 15) is 24.3 Å². The van der Waals surface area contributed by atoms with Crippen LogP contribution in [0.1, 0.15) is 61.3 Å². The van der Waals surface area contributed by atoms with Crippen LogP contribution in [0, 0.1) is 11.3 Å². The molecule has 1 saturated carbocycles. The number of carbonyl (C=O) groups is 4. The molecule has 0 aromatic carbocycles. The van der Waals surface area contributed by atoms with Gasteiger partial charge in [0.25, 0.3) is 0 Å². The summed E-state index contributed by atoms with van der Waals surface area (Å²) in [6.07, 6.45) is -3.62. The van der Waals surface area contributed by atoms with Gasteiger partial charge in [0.2, 0.25) is 0 Å². The molecule has 11 heteroatoms. The molecule has 5 aliphatic rings. The van der Waals surface area contributed by atoms with Crippen LogP contribution in [0.25, 0.3) is 0 Å². The van der Waals surface area contributed by atoms with Crippen molar-refractivity contribution in [3.8, 4) is 0 Å². The number of hydrogen-bond donors (Lipinski definition) is 1. The Balaban J connectivity index is 1.76. The van der Waals surface area contributed by atoms with Crippen LogP contribution in [-0.4, -0.2) is 82.4 Å². The minimum atomic E-state index is -1.40. The predicted molar refractivity (Wildman–Crippen MR) is 123 cm³/mol. The summed E-state index contributed by atoms with van der Waals surface area (Å²) in [6.45, 7) is 10.7. The predicted octanol–water partition coefficient (Wildman–Crippen LogP) is 1.13. The molecule has 3 aliphatic heterocycles. The molecular weight excluding hydrogens is 488 g/mol. The van der Waals surface area contributed by atoms with Crippen LogP contribution in [0.4, 0.5) is 0 Å². The SMILES string of the molecule is CC(=O)O[C@H]1C[C@@H]2O[C@]2(C)[C@@H]2[C@H](OC(C)=O)[C@@]34O[C@]3(C)C(=O)O[C@H]4/C=C(/C)C[C@@H](OC(C)=O)[C@H](O)[C@@]12C. The Hall–Kier alpha value is -2.50. The molecule has 3 heterocycles. The Kier molecular flexibility index (Phi) is 5.65. The van der Waals surface area contributed by atoms with Crippen molar-refractivity contribution in [1.82, 2.24) is 0 Å². The van der Waals surface area contributed by atoms with Crippen molar-refractivity contribution in [2.45, 2.75) is 115 Å². The summed E-state index contributed by atoms with van der Waals surface area (Å²) < 4.78 is 35.4. The van der Waals surface area contributed by atoms with Gasteiger partial charge in [0.15, 0.2) is 17.3 Å². The first-order valence-corrected chi connectivity index (χ1v) is 12.6. The van der Waals surface area contributed by atoms with Crippen molar-refractivity contribution >= 4 is 23.9 Å². The summed E-state index contributed by atoms with van der Waals surface area (Å²) >= 11 is 0. The van der Waals surface area contributed by atoms with Gasteiger partial charge in [-0.3, -0.25) is 14.4 Å². The van der Waals surface area contributed by atoms with Crippen LogP contribution >= 0.6 is 0 Å². The molecule has 0 aromatic rings. The molecule has 3 saturated heterocycles. The molecule has 0 unspecified atom stereocenters. The van der Waals surface area contributed by atoms with Crippen molar-refractivity contribution in [3.63, 3.8) is 0 Å². The van der Waals surface area contributed by atoms with E-state index in [1.807, 2.05) is 6.92 Å². The maximum Gasteiger partial charge on any atom is 0.342 e. The largest absolute Gasteiger partial charge is 0.462 e. The number of aliphatic hydroxyl groups is 1. The van der Waals surface area contributed by atoms with E-state index < -0.39 is 82.5 Å². The van der Waals surface area contributed by atoms with Crippen LogP contribution < -0.4 is 0 Å². The molecule has 204 valence electrons. The first kappa shape index (κ1) is 26.1. The average Bonchev–Trinajstić information content (AvgIpc) is 3.60. The quantitative estimate of drug-likeness (QED) is 0.246. The maximum atomic E-state index is 13.0. The van der Waals surface area contributed by atoms with Gasteiger partial charge in [-0.2, -0.15) is 0 Å². The summed E-state index contributed by atoms with van der Waals surface area (Å²) in [6, 6.07) is 0. The smallest absolute Gasteiger partial charge is 0.342 e. The number of fused-ring (bicyclic) bond motifs is 3. The van der Waals surface area contributed by atoms with Crippen LogP contribution in [0.5, 0.6) is 0 Å². The highest BCUT2D eigenvalue weighted by molar-refractivity contribution is 5.89. The number of ether oxygens (including phenoxy) is 6. The highest BCUT2D eigenvalue weighted by atomic mass is 16.7. The molecule has 0 aromatic heterocycles. The van der Waals surface area contributed by atoms with Crippen molar-refractivity contribution < 1.29 is 52.7 Å². The summed E-state index contributed by atoms with van der Waals surface area (Å²) in [4.78, 5) is 49.8. The zero-order chi connectivity index (χ0) is 27.3. The van der Waals surface area contributed by atoms with E-state index in [1.54, 1.807) is 26.8 Å². The van der Waals surface area contributed by atoms with Gasteiger partial charge >= 0.3 is 23.9 Å². The second-order valence-electron chi connectivity index (χ2n) is 11.6. The van der Waals surface area contributed by atoms with Crippen molar-refractivity contribution in [2.24, 2.45) is 11.3 Å². The van der Waals surface area contributed by atoms with Gasteiger partial charge in [-0.05, 0) is 26.8 Å². The number of epoxide rings is 2. The molecule has 1 spiro atoms. The van der Waals surface area contributed by atoms with Gasteiger partial charge in [-0.1, -0.05) is 12.5 Å². The molecule has 4 fully saturated rings. The first-order valence-electron chi connectivity index (χ1n) is 12.6. The minimum Gasteiger partial charge on any atom is -0.462 e. The molecular formula is C26H34O11. The highest BCUT2D eigenvalue weighted by Crippen LogP contribution is 2.69. The van der Waals surface area contributed by atoms with Gasteiger partial charge in [0, 0.05) is 44.9 Å². The molecule has 1 N–H and O–H groups in total. The van der Waals surface area contributed by atoms with E-state index in [0.717, 1.165) is 0 Å². The molecule has 2 aliphatic carbocycles. The van der Waals surface area contributed by atoms with Crippen LogP contribution in [0.2, 0.25) is 0 Å². The Morgan fingerprint density at radius 1 is 1.03 bits per heavy atom. The molecule has 11 nitrogen and oxygen atoms in total. The van der Waals surface area contributed by atoms with E-state index in [2.05, 4.69) is 0 Å². The van der Waals surface area contributed by atoms with Crippen molar-refractivity contribution in [2.75, 3.05) is 0 Å². The van der Waals surface area contributed by atoms with Gasteiger partial charge in [-0.25, -0.2) is 4.79 Å². The van der Waals surface area contributed by atoms with E-state index in [4.69, 9.17) is 28.4 Å². The third kappa shape index (κ3) is 3.50. The third-order valence-electron chi connectivity index (χ3n) is 9.10. The standard InChI is InChI=1S/C26H34O11/c1-11-8-15(32-12(2)27)20(30)23(5)16(33-13(3)28)10-17-24(6,36-17)19(23)21(34-14(4)29)26-18(9-11)35-22(31)25(26,7)37-26/h9,15-21,30H,8,10H2,1-7H3/b11-9-/t15-,16+,17+,18+,19-,20+,21+,23+,24+,25-,26-/m1/s1. The Labute approximate surface area is 214 Å². The van der Waals surface area contributed by atoms with Gasteiger partial charge in [0.1, 0.15) is 24.4 Å². The molecule has 37 heavy (non-hydrogen) atoms. The van der Waals surface area contributed by atoms with Crippen molar-refractivity contribution in [3.05, 3.63) is 11.6 Å². The summed E-state index contributed by atoms with van der Waals surface area (Å²) in [5.74, 6) is -3.23. The fourth-order valence-corrected chi connectivity index (χ4v) is 7.34. The zero-order valence-corrected chi connectivity index (χ0v) is 22.1. The lowest BCUT2D eigenvalue weighted by Gasteiger charge is -2.54. The van der Waals surface area contributed by atoms with E-state index in [0.29, 0.717) is 5.57 Å². The van der Waals surface area contributed by atoms with Crippen molar-refractivity contribution in [1.29, 1.82) is 0 Å². The topological polar surface area (TPSA) is 150 Å². The zero-order valence-electron chi connectivity index (χ0n) is 22.1. The monoisotopic (exact) mass is 522 g/mol.